The number of hydrogen-bond donors (Lipinski definition) is 1. The molecule has 7 nitrogen and oxygen atoms in total. The highest BCUT2D eigenvalue weighted by Gasteiger charge is 2.40. The number of thioether (sulfide) groups is 1. The number of carbonyl (C=O) groups excluding carboxylic acids is 2. The van der Waals surface area contributed by atoms with E-state index in [9.17, 15) is 14.0 Å². The molecule has 190 valence electrons. The minimum atomic E-state index is -0.942. The van der Waals surface area contributed by atoms with Crippen LogP contribution in [0.4, 0.5) is 10.1 Å². The second-order valence-electron chi connectivity index (χ2n) is 8.63. The lowest BCUT2D eigenvalue weighted by Crippen LogP contribution is -2.43. The quantitative estimate of drug-likeness (QED) is 0.395. The third-order valence-corrected chi connectivity index (χ3v) is 7.66. The van der Waals surface area contributed by atoms with Crippen molar-refractivity contribution < 1.29 is 23.5 Å². The Bertz CT molecular complexity index is 1490. The first kappa shape index (κ1) is 24.7. The van der Waals surface area contributed by atoms with Gasteiger partial charge in [0.05, 0.1) is 25.0 Å². The summed E-state index contributed by atoms with van der Waals surface area (Å²) in [6.45, 7) is 0.191. The monoisotopic (exact) mass is 519 g/mol. The number of nitrogens with one attached hydrogen (secondary N) is 1. The number of halogens is 1. The lowest BCUT2D eigenvalue weighted by atomic mass is 10.0. The van der Waals surface area contributed by atoms with Crippen molar-refractivity contribution in [1.82, 2.24) is 9.88 Å². The molecule has 1 N–H and O–H groups in total. The predicted molar refractivity (Wildman–Crippen MR) is 142 cm³/mol. The second-order valence-corrected chi connectivity index (χ2v) is 9.60. The van der Waals surface area contributed by atoms with Crippen molar-refractivity contribution >= 4 is 40.2 Å². The van der Waals surface area contributed by atoms with Gasteiger partial charge < -0.3 is 19.4 Å². The van der Waals surface area contributed by atoms with Crippen LogP contribution in [-0.2, 0) is 23.2 Å². The number of para-hydroxylation sites is 1. The van der Waals surface area contributed by atoms with Gasteiger partial charge in [-0.1, -0.05) is 42.1 Å². The van der Waals surface area contributed by atoms with Gasteiger partial charge in [0.15, 0.2) is 11.5 Å². The molecule has 0 bridgehead atoms. The Balaban J connectivity index is 1.64. The molecule has 0 fully saturated rings. The lowest BCUT2D eigenvalue weighted by molar-refractivity contribution is -0.125. The van der Waals surface area contributed by atoms with Gasteiger partial charge in [0, 0.05) is 41.8 Å². The first-order valence-corrected chi connectivity index (χ1v) is 12.7. The molecule has 0 unspecified atom stereocenters. The maximum atomic E-state index is 14.0. The minimum Gasteiger partial charge on any atom is -0.493 e. The topological polar surface area (TPSA) is 72.8 Å². The zero-order chi connectivity index (χ0) is 26.1. The molecule has 0 aliphatic carbocycles. The van der Waals surface area contributed by atoms with Crippen LogP contribution in [0.25, 0.3) is 10.9 Å². The van der Waals surface area contributed by atoms with Crippen molar-refractivity contribution in [3.05, 3.63) is 83.7 Å². The molecule has 1 aromatic heterocycles. The maximum Gasteiger partial charge on any atom is 0.248 e. The number of nitrogens with zero attached hydrogens (tertiary/aromatic N) is 2. The highest BCUT2D eigenvalue weighted by Crippen LogP contribution is 2.44. The third-order valence-electron chi connectivity index (χ3n) is 6.50. The van der Waals surface area contributed by atoms with E-state index in [1.165, 1.54) is 35.9 Å². The normalized spacial score (nSPS) is 15.3. The van der Waals surface area contributed by atoms with E-state index in [-0.39, 0.29) is 29.9 Å². The van der Waals surface area contributed by atoms with Crippen molar-refractivity contribution in [2.24, 2.45) is 7.05 Å². The van der Waals surface area contributed by atoms with Crippen LogP contribution in [0.1, 0.15) is 17.2 Å². The first-order valence-electron chi connectivity index (χ1n) is 11.7. The van der Waals surface area contributed by atoms with Gasteiger partial charge in [-0.15, -0.1) is 0 Å². The number of carbonyl (C=O) groups is 2. The van der Waals surface area contributed by atoms with E-state index in [0.29, 0.717) is 17.2 Å². The van der Waals surface area contributed by atoms with E-state index in [0.717, 1.165) is 27.1 Å². The molecule has 37 heavy (non-hydrogen) atoms. The van der Waals surface area contributed by atoms with Gasteiger partial charge in [0.25, 0.3) is 0 Å². The van der Waals surface area contributed by atoms with E-state index in [4.69, 9.17) is 9.47 Å². The number of rotatable bonds is 6. The van der Waals surface area contributed by atoms with Crippen LogP contribution < -0.4 is 19.7 Å². The summed E-state index contributed by atoms with van der Waals surface area (Å²) in [4.78, 5) is 29.1. The van der Waals surface area contributed by atoms with Gasteiger partial charge in [-0.3, -0.25) is 14.5 Å². The number of benzene rings is 3. The molecule has 0 radical (unpaired) electrons. The highest BCUT2D eigenvalue weighted by atomic mass is 32.2. The Morgan fingerprint density at radius 2 is 1.78 bits per heavy atom. The van der Waals surface area contributed by atoms with Crippen LogP contribution in [0.15, 0.2) is 71.8 Å². The summed E-state index contributed by atoms with van der Waals surface area (Å²) >= 11 is 1.42. The lowest BCUT2D eigenvalue weighted by Gasteiger charge is -2.30. The molecule has 5 rings (SSSR count). The molecular weight excluding hydrogens is 493 g/mol. The third kappa shape index (κ3) is 4.51. The van der Waals surface area contributed by atoms with Crippen molar-refractivity contribution in [3.63, 3.8) is 0 Å². The van der Waals surface area contributed by atoms with Crippen molar-refractivity contribution in [3.8, 4) is 11.5 Å². The molecule has 1 aliphatic rings. The molecule has 9 heteroatoms. The van der Waals surface area contributed by atoms with Gasteiger partial charge in [-0.05, 0) is 35.9 Å². The molecule has 0 saturated carbocycles. The van der Waals surface area contributed by atoms with Crippen LogP contribution in [-0.4, -0.2) is 36.4 Å². The van der Waals surface area contributed by atoms with Crippen molar-refractivity contribution in [1.29, 1.82) is 0 Å². The van der Waals surface area contributed by atoms with Crippen LogP contribution in [0.5, 0.6) is 11.5 Å². The molecule has 1 atom stereocenters. The fourth-order valence-corrected chi connectivity index (χ4v) is 5.78. The SMILES string of the molecule is COc1ccc(N2C(=O)CSc3c(c4ccccc4n3C)[C@@H]2C(=O)NCc2ccc(F)cc2)cc1OC. The summed E-state index contributed by atoms with van der Waals surface area (Å²) in [6, 6.07) is 18.0. The number of aromatic nitrogens is 1. The standard InChI is InChI=1S/C28H26FN3O4S/c1-31-21-7-5-4-6-20(21)25-26(27(34)30-15-17-8-10-18(29)11-9-17)32(24(33)16-37-28(25)31)19-12-13-22(35-2)23(14-19)36-3/h4-14,26H,15-16H2,1-3H3,(H,30,34)/t26-/m1/s1. The Labute approximate surface area is 218 Å². The van der Waals surface area contributed by atoms with Gasteiger partial charge in [0.1, 0.15) is 11.9 Å². The number of aryl methyl sites for hydroxylation is 1. The smallest absolute Gasteiger partial charge is 0.248 e. The summed E-state index contributed by atoms with van der Waals surface area (Å²) in [5.41, 5.74) is 3.00. The van der Waals surface area contributed by atoms with Gasteiger partial charge >= 0.3 is 0 Å². The summed E-state index contributed by atoms with van der Waals surface area (Å²) in [7, 11) is 5.01. The zero-order valence-electron chi connectivity index (χ0n) is 20.7. The summed E-state index contributed by atoms with van der Waals surface area (Å²) in [5.74, 6) is 0.237. The summed E-state index contributed by atoms with van der Waals surface area (Å²) in [5, 5.41) is 4.73. The highest BCUT2D eigenvalue weighted by molar-refractivity contribution is 8.00. The van der Waals surface area contributed by atoms with Crippen LogP contribution in [0.3, 0.4) is 0 Å². The molecule has 0 spiro atoms. The minimum absolute atomic E-state index is 0.160. The Hall–Kier alpha value is -3.98. The second kappa shape index (κ2) is 10.2. The summed E-state index contributed by atoms with van der Waals surface area (Å²) in [6.07, 6.45) is 0. The van der Waals surface area contributed by atoms with E-state index >= 15 is 0 Å². The summed E-state index contributed by atoms with van der Waals surface area (Å²) < 4.78 is 26.3. The Morgan fingerprint density at radius 1 is 1.05 bits per heavy atom. The van der Waals surface area contributed by atoms with Crippen molar-refractivity contribution in [2.45, 2.75) is 17.6 Å². The van der Waals surface area contributed by atoms with Crippen LogP contribution in [0.2, 0.25) is 0 Å². The number of hydrogen-bond acceptors (Lipinski definition) is 5. The average Bonchev–Trinajstić information content (AvgIpc) is 3.09. The van der Waals surface area contributed by atoms with Gasteiger partial charge in [-0.25, -0.2) is 4.39 Å². The molecule has 3 aromatic carbocycles. The molecule has 0 saturated heterocycles. The molecular formula is C28H26FN3O4S. The fourth-order valence-electron chi connectivity index (χ4n) is 4.71. The average molecular weight is 520 g/mol. The largest absolute Gasteiger partial charge is 0.493 e. The van der Waals surface area contributed by atoms with Crippen molar-refractivity contribution in [2.75, 3.05) is 24.9 Å². The number of methoxy groups -OCH3 is 2. The number of ether oxygens (including phenoxy) is 2. The maximum absolute atomic E-state index is 14.0. The van der Waals surface area contributed by atoms with E-state index < -0.39 is 6.04 Å². The van der Waals surface area contributed by atoms with Gasteiger partial charge in [0.2, 0.25) is 11.8 Å². The predicted octanol–water partition coefficient (Wildman–Crippen LogP) is 4.83. The molecule has 2 heterocycles. The number of fused-ring (bicyclic) bond motifs is 3. The Morgan fingerprint density at radius 3 is 2.51 bits per heavy atom. The zero-order valence-corrected chi connectivity index (χ0v) is 21.5. The molecule has 4 aromatic rings. The van der Waals surface area contributed by atoms with E-state index in [1.807, 2.05) is 35.9 Å². The Kier molecular flexibility index (Phi) is 6.80. The van der Waals surface area contributed by atoms with E-state index in [2.05, 4.69) is 5.32 Å². The van der Waals surface area contributed by atoms with Crippen LogP contribution in [0, 0.1) is 5.82 Å². The molecule has 1 aliphatic heterocycles. The molecule has 2 amide bonds. The number of amides is 2. The van der Waals surface area contributed by atoms with Gasteiger partial charge in [-0.2, -0.15) is 0 Å². The first-order chi connectivity index (χ1) is 17.9. The number of anilines is 1. The van der Waals surface area contributed by atoms with Crippen LogP contribution >= 0.6 is 11.8 Å². The van der Waals surface area contributed by atoms with E-state index in [1.54, 1.807) is 37.4 Å². The fraction of sp³-hybridized carbons (Fsp3) is 0.214.